The van der Waals surface area contributed by atoms with E-state index in [0.717, 1.165) is 5.56 Å². The van der Waals surface area contributed by atoms with Gasteiger partial charge < -0.3 is 14.2 Å². The lowest BCUT2D eigenvalue weighted by Gasteiger charge is -2.19. The molecular weight excluding hydrogens is 354 g/mol. The van der Waals surface area contributed by atoms with Gasteiger partial charge in [-0.25, -0.2) is 9.78 Å². The van der Waals surface area contributed by atoms with Crippen molar-refractivity contribution in [2.45, 2.75) is 18.6 Å². The Morgan fingerprint density at radius 3 is 3.15 bits per heavy atom. The fourth-order valence-electron chi connectivity index (χ4n) is 3.52. The van der Waals surface area contributed by atoms with Crippen LogP contribution in [-0.2, 0) is 16.1 Å². The molecule has 1 aromatic heterocycles. The highest BCUT2D eigenvalue weighted by Gasteiger charge is 2.62. The number of aromatic nitrogens is 1. The van der Waals surface area contributed by atoms with Crippen LogP contribution in [0.25, 0.3) is 10.4 Å². The molecule has 10 heteroatoms. The molecule has 1 aliphatic carbocycles. The number of azide groups is 1. The largest absolute Gasteiger partial charge is 0.489 e. The van der Waals surface area contributed by atoms with E-state index in [1.54, 1.807) is 24.3 Å². The minimum Gasteiger partial charge on any atom is -0.489 e. The monoisotopic (exact) mass is 365 g/mol. The minimum absolute atomic E-state index is 0.0613. The van der Waals surface area contributed by atoms with Crippen molar-refractivity contribution in [1.29, 1.82) is 0 Å². The fraction of sp³-hybridized carbons (Fsp3) is 0.235. The lowest BCUT2D eigenvalue weighted by molar-refractivity contribution is -0.119. The van der Waals surface area contributed by atoms with E-state index in [0.29, 0.717) is 28.6 Å². The minimum atomic E-state index is -0.558. The summed E-state index contributed by atoms with van der Waals surface area (Å²) in [5.41, 5.74) is 9.91. The molecule has 2 aliphatic heterocycles. The van der Waals surface area contributed by atoms with Crippen molar-refractivity contribution >= 4 is 17.8 Å². The highest BCUT2D eigenvalue weighted by molar-refractivity contribution is 5.87. The number of pyridine rings is 1. The number of anilines is 1. The van der Waals surface area contributed by atoms with Gasteiger partial charge in [-0.15, -0.1) is 0 Å². The summed E-state index contributed by atoms with van der Waals surface area (Å²) in [5.74, 6) is 1.06. The molecule has 0 saturated heterocycles. The molecule has 2 aromatic rings. The molecule has 2 amide bonds. The van der Waals surface area contributed by atoms with Gasteiger partial charge in [0.25, 0.3) is 0 Å². The Labute approximate surface area is 151 Å². The first-order valence-corrected chi connectivity index (χ1v) is 8.15. The number of ether oxygens (including phenoxy) is 3. The number of rotatable bonds is 3. The maximum Gasteiger partial charge on any atom is 0.413 e. The molecule has 0 spiro atoms. The first-order chi connectivity index (χ1) is 13.2. The normalized spacial score (nSPS) is 23.4. The average Bonchev–Trinajstić information content (AvgIpc) is 3.25. The van der Waals surface area contributed by atoms with Gasteiger partial charge in [0.1, 0.15) is 35.8 Å². The van der Waals surface area contributed by atoms with Crippen molar-refractivity contribution < 1.29 is 23.8 Å². The van der Waals surface area contributed by atoms with Crippen LogP contribution in [0.4, 0.5) is 10.6 Å². The van der Waals surface area contributed by atoms with E-state index in [4.69, 9.17) is 19.7 Å². The van der Waals surface area contributed by atoms with Crippen molar-refractivity contribution in [2.75, 3.05) is 5.32 Å². The average molecular weight is 365 g/mol. The van der Waals surface area contributed by atoms with Crippen LogP contribution >= 0.6 is 0 Å². The lowest BCUT2D eigenvalue weighted by atomic mass is 10.1. The van der Waals surface area contributed by atoms with Gasteiger partial charge in [0, 0.05) is 22.6 Å². The zero-order valence-corrected chi connectivity index (χ0v) is 13.7. The second-order valence-electron chi connectivity index (χ2n) is 6.30. The first-order valence-electron chi connectivity index (χ1n) is 8.15. The zero-order valence-electron chi connectivity index (χ0n) is 13.7. The Hall–Kier alpha value is -3.78. The molecule has 0 radical (unpaired) electrons. The third kappa shape index (κ3) is 2.42. The van der Waals surface area contributed by atoms with Crippen molar-refractivity contribution in [2.24, 2.45) is 11.0 Å². The molecule has 27 heavy (non-hydrogen) atoms. The number of nitrogens with zero attached hydrogens (tertiary/aromatic N) is 4. The summed E-state index contributed by atoms with van der Waals surface area (Å²) in [4.78, 5) is 29.8. The molecule has 1 unspecified atom stereocenters. The van der Waals surface area contributed by atoms with Gasteiger partial charge in [0.15, 0.2) is 0 Å². The van der Waals surface area contributed by atoms with Crippen LogP contribution in [0.3, 0.4) is 0 Å². The third-order valence-electron chi connectivity index (χ3n) is 4.79. The Kier molecular flexibility index (Phi) is 3.22. The second-order valence-corrected chi connectivity index (χ2v) is 6.30. The quantitative estimate of drug-likeness (QED) is 0.504. The summed E-state index contributed by atoms with van der Waals surface area (Å²) in [6.07, 6.45) is 0.685. The maximum absolute atomic E-state index is 11.8. The summed E-state index contributed by atoms with van der Waals surface area (Å²) in [6, 6.07) is 7.01. The molecule has 10 nitrogen and oxygen atoms in total. The molecule has 5 rings (SSSR count). The van der Waals surface area contributed by atoms with E-state index in [1.165, 1.54) is 6.20 Å². The van der Waals surface area contributed by atoms with E-state index in [-0.39, 0.29) is 18.6 Å². The molecular formula is C17H11N5O5. The number of cyclic esters (lactones) is 1. The fourth-order valence-corrected chi connectivity index (χ4v) is 3.52. The molecule has 3 heterocycles. The topological polar surface area (TPSA) is 136 Å². The third-order valence-corrected chi connectivity index (χ3v) is 4.79. The Balaban J connectivity index is 1.42. The van der Waals surface area contributed by atoms with Crippen LogP contribution < -0.4 is 14.8 Å². The number of fused-ring (bicyclic) bond motifs is 4. The summed E-state index contributed by atoms with van der Waals surface area (Å²) in [5, 5.41) is 5.68. The van der Waals surface area contributed by atoms with Gasteiger partial charge in [0.2, 0.25) is 5.91 Å². The smallest absolute Gasteiger partial charge is 0.413 e. The summed E-state index contributed by atoms with van der Waals surface area (Å²) >= 11 is 0. The number of benzene rings is 1. The van der Waals surface area contributed by atoms with Crippen LogP contribution in [-0.4, -0.2) is 23.1 Å². The molecule has 1 aromatic carbocycles. The predicted molar refractivity (Wildman–Crippen MR) is 89.4 cm³/mol. The van der Waals surface area contributed by atoms with Crippen LogP contribution in [0.1, 0.15) is 17.0 Å². The molecule has 3 atom stereocenters. The van der Waals surface area contributed by atoms with E-state index < -0.39 is 17.9 Å². The van der Waals surface area contributed by atoms with Crippen LogP contribution in [0, 0.1) is 5.92 Å². The Morgan fingerprint density at radius 1 is 1.41 bits per heavy atom. The Bertz CT molecular complexity index is 1050. The first kappa shape index (κ1) is 15.5. The lowest BCUT2D eigenvalue weighted by Crippen LogP contribution is -2.21. The van der Waals surface area contributed by atoms with Crippen molar-refractivity contribution in [3.05, 3.63) is 52.0 Å². The van der Waals surface area contributed by atoms with Crippen molar-refractivity contribution in [1.82, 2.24) is 4.98 Å². The summed E-state index contributed by atoms with van der Waals surface area (Å²) in [7, 11) is 0. The number of hydrogen-bond donors (Lipinski definition) is 1. The van der Waals surface area contributed by atoms with Crippen molar-refractivity contribution in [3.8, 4) is 17.2 Å². The zero-order chi connectivity index (χ0) is 18.5. The van der Waals surface area contributed by atoms with E-state index in [1.807, 2.05) is 0 Å². The number of hydrogen-bond acceptors (Lipinski definition) is 6. The van der Waals surface area contributed by atoms with Gasteiger partial charge in [0.05, 0.1) is 11.5 Å². The Morgan fingerprint density at radius 2 is 2.30 bits per heavy atom. The van der Waals surface area contributed by atoms with Gasteiger partial charge in [-0.3, -0.25) is 10.1 Å². The van der Waals surface area contributed by atoms with Gasteiger partial charge in [-0.2, -0.15) is 0 Å². The second kappa shape index (κ2) is 5.61. The predicted octanol–water partition coefficient (Wildman–Crippen LogP) is 3.25. The van der Waals surface area contributed by atoms with Crippen molar-refractivity contribution in [3.63, 3.8) is 0 Å². The van der Waals surface area contributed by atoms with Gasteiger partial charge in [-0.05, 0) is 34.9 Å². The number of amides is 2. The molecule has 1 saturated carbocycles. The number of carbonyl (C=O) groups is 2. The van der Waals surface area contributed by atoms with E-state index in [2.05, 4.69) is 20.3 Å². The molecule has 3 aliphatic rings. The van der Waals surface area contributed by atoms with Crippen LogP contribution in [0.15, 0.2) is 35.6 Å². The summed E-state index contributed by atoms with van der Waals surface area (Å²) < 4.78 is 16.7. The molecule has 0 bridgehead atoms. The van der Waals surface area contributed by atoms with Crippen LogP contribution in [0.5, 0.6) is 17.2 Å². The molecule has 1 N–H and O–H groups in total. The standard InChI is InChI=1S/C17H11N5O5/c18-22-21-16(23)13-12-8-5-7(1-2-10(8)27-14(12)13)26-11-3-4-19-15-9(11)6-25-17(24)20-15/h1-5,12-14H,6H2,(H,19,20,24)/t12-,13?,14-/m0/s1. The number of carbonyl (C=O) groups excluding carboxylic acids is 2. The van der Waals surface area contributed by atoms with Gasteiger partial charge >= 0.3 is 6.09 Å². The SMILES string of the molecule is [N-]=[N+]=NC(=O)C1[C@H]2Oc3ccc(Oc4ccnc5c4COC(=O)N5)cc3[C@@H]12. The maximum atomic E-state index is 11.8. The van der Waals surface area contributed by atoms with Gasteiger partial charge in [-0.1, -0.05) is 0 Å². The van der Waals surface area contributed by atoms with Crippen LogP contribution in [0.2, 0.25) is 0 Å². The number of nitrogens with one attached hydrogen (secondary N) is 1. The molecule has 134 valence electrons. The van der Waals surface area contributed by atoms with E-state index >= 15 is 0 Å². The highest BCUT2D eigenvalue weighted by atomic mass is 16.6. The van der Waals surface area contributed by atoms with E-state index in [9.17, 15) is 9.59 Å². The molecule has 1 fully saturated rings. The summed E-state index contributed by atoms with van der Waals surface area (Å²) in [6.45, 7) is 0.0613. The highest BCUT2D eigenvalue weighted by Crippen LogP contribution is 2.59.